The van der Waals surface area contributed by atoms with Gasteiger partial charge in [0.25, 0.3) is 0 Å². The lowest BCUT2D eigenvalue weighted by molar-refractivity contribution is -0.131. The summed E-state index contributed by atoms with van der Waals surface area (Å²) in [6.45, 7) is 10.1. The zero-order valence-corrected chi connectivity index (χ0v) is 15.9. The molecule has 3 rings (SSSR count). The Labute approximate surface area is 152 Å². The lowest BCUT2D eigenvalue weighted by Crippen LogP contribution is -2.35. The third-order valence-electron chi connectivity index (χ3n) is 4.64. The first kappa shape index (κ1) is 18.0. The summed E-state index contributed by atoms with van der Waals surface area (Å²) in [5.41, 5.74) is 1.95. The molecule has 136 valence electrons. The first-order valence-electron chi connectivity index (χ1n) is 8.74. The second kappa shape index (κ2) is 8.05. The van der Waals surface area contributed by atoms with Gasteiger partial charge in [0, 0.05) is 38.2 Å². The van der Waals surface area contributed by atoms with Gasteiger partial charge < -0.3 is 9.42 Å². The van der Waals surface area contributed by atoms with Crippen LogP contribution in [0, 0.1) is 20.8 Å². The number of rotatable bonds is 5. The molecule has 0 N–H and O–H groups in total. The Morgan fingerprint density at radius 3 is 2.68 bits per heavy atom. The summed E-state index contributed by atoms with van der Waals surface area (Å²) in [5, 5.41) is 14.3. The third-order valence-corrected chi connectivity index (χ3v) is 5.46. The topological polar surface area (TPSA) is 75.4 Å². The van der Waals surface area contributed by atoms with E-state index in [0.717, 1.165) is 66.2 Å². The lowest BCUT2D eigenvalue weighted by Gasteiger charge is -2.21. The van der Waals surface area contributed by atoms with Crippen LogP contribution in [0.2, 0.25) is 0 Å². The van der Waals surface area contributed by atoms with Gasteiger partial charge in [-0.05, 0) is 33.6 Å². The molecule has 0 unspecified atom stereocenters. The minimum Gasteiger partial charge on any atom is -0.361 e. The molecule has 1 aliphatic rings. The zero-order chi connectivity index (χ0) is 17.8. The van der Waals surface area contributed by atoms with Crippen molar-refractivity contribution in [3.63, 3.8) is 0 Å². The molecule has 25 heavy (non-hydrogen) atoms. The van der Waals surface area contributed by atoms with Crippen LogP contribution in [-0.2, 0) is 17.8 Å². The first-order valence-corrected chi connectivity index (χ1v) is 9.55. The average Bonchev–Trinajstić information content (AvgIpc) is 3.03. The van der Waals surface area contributed by atoms with Gasteiger partial charge in [-0.1, -0.05) is 5.16 Å². The number of hydrogen-bond donors (Lipinski definition) is 0. The SMILES string of the molecule is Cc1nnc(CN2CCCN(C(=O)CCc3c(C)noc3C)CC2)s1. The van der Waals surface area contributed by atoms with Crippen LogP contribution in [0.15, 0.2) is 4.52 Å². The van der Waals surface area contributed by atoms with Crippen LogP contribution >= 0.6 is 11.3 Å². The van der Waals surface area contributed by atoms with Crippen molar-refractivity contribution in [1.29, 1.82) is 0 Å². The Kier molecular flexibility index (Phi) is 5.80. The van der Waals surface area contributed by atoms with E-state index in [9.17, 15) is 4.79 Å². The molecule has 1 amide bonds. The van der Waals surface area contributed by atoms with Gasteiger partial charge in [-0.3, -0.25) is 9.69 Å². The van der Waals surface area contributed by atoms with Crippen molar-refractivity contribution in [3.8, 4) is 0 Å². The molecule has 0 aliphatic carbocycles. The van der Waals surface area contributed by atoms with E-state index in [-0.39, 0.29) is 5.91 Å². The van der Waals surface area contributed by atoms with E-state index in [4.69, 9.17) is 4.52 Å². The molecule has 0 atom stereocenters. The minimum atomic E-state index is 0.216. The van der Waals surface area contributed by atoms with Gasteiger partial charge in [-0.15, -0.1) is 21.5 Å². The maximum atomic E-state index is 12.6. The Morgan fingerprint density at radius 1 is 1.16 bits per heavy atom. The quantitative estimate of drug-likeness (QED) is 0.810. The van der Waals surface area contributed by atoms with E-state index in [2.05, 4.69) is 20.3 Å². The molecule has 1 aliphatic heterocycles. The van der Waals surface area contributed by atoms with E-state index in [0.29, 0.717) is 12.8 Å². The number of hydrogen-bond acceptors (Lipinski definition) is 7. The monoisotopic (exact) mass is 363 g/mol. The van der Waals surface area contributed by atoms with Crippen LogP contribution in [0.3, 0.4) is 0 Å². The van der Waals surface area contributed by atoms with Gasteiger partial charge in [0.15, 0.2) is 0 Å². The number of aryl methyl sites for hydroxylation is 3. The standard InChI is InChI=1S/C17H25N5O2S/c1-12-15(13(2)24-20-12)5-6-17(23)22-8-4-7-21(9-10-22)11-16-19-18-14(3)25-16/h4-11H2,1-3H3. The molecule has 7 nitrogen and oxygen atoms in total. The maximum Gasteiger partial charge on any atom is 0.222 e. The zero-order valence-electron chi connectivity index (χ0n) is 15.1. The fraction of sp³-hybridized carbons (Fsp3) is 0.647. The highest BCUT2D eigenvalue weighted by atomic mass is 32.1. The average molecular weight is 363 g/mol. The normalized spacial score (nSPS) is 16.2. The van der Waals surface area contributed by atoms with Crippen LogP contribution in [0.25, 0.3) is 0 Å². The van der Waals surface area contributed by atoms with Crippen LogP contribution in [0.1, 0.15) is 39.9 Å². The highest BCUT2D eigenvalue weighted by Gasteiger charge is 2.20. The van der Waals surface area contributed by atoms with Gasteiger partial charge in [0.05, 0.1) is 12.2 Å². The Hall–Kier alpha value is -1.80. The van der Waals surface area contributed by atoms with Gasteiger partial charge in [0.2, 0.25) is 5.91 Å². The van der Waals surface area contributed by atoms with Crippen LogP contribution < -0.4 is 0 Å². The number of amides is 1. The van der Waals surface area contributed by atoms with Gasteiger partial charge in [-0.25, -0.2) is 0 Å². The van der Waals surface area contributed by atoms with Crippen molar-refractivity contribution in [2.75, 3.05) is 26.2 Å². The molecule has 0 spiro atoms. The highest BCUT2D eigenvalue weighted by molar-refractivity contribution is 7.11. The molecule has 1 fully saturated rings. The molecule has 0 aromatic carbocycles. The molecule has 0 radical (unpaired) electrons. The Morgan fingerprint density at radius 2 is 2.00 bits per heavy atom. The fourth-order valence-corrected chi connectivity index (χ4v) is 3.97. The molecule has 1 saturated heterocycles. The van der Waals surface area contributed by atoms with E-state index >= 15 is 0 Å². The fourth-order valence-electron chi connectivity index (χ4n) is 3.22. The van der Waals surface area contributed by atoms with E-state index in [1.165, 1.54) is 0 Å². The smallest absolute Gasteiger partial charge is 0.222 e. The van der Waals surface area contributed by atoms with Gasteiger partial charge in [0.1, 0.15) is 15.8 Å². The van der Waals surface area contributed by atoms with Crippen molar-refractivity contribution in [2.24, 2.45) is 0 Å². The summed E-state index contributed by atoms with van der Waals surface area (Å²) in [6.07, 6.45) is 2.21. The van der Waals surface area contributed by atoms with Crippen LogP contribution in [-0.4, -0.2) is 57.2 Å². The predicted molar refractivity (Wildman–Crippen MR) is 95.4 cm³/mol. The first-order chi connectivity index (χ1) is 12.0. The molecular weight excluding hydrogens is 338 g/mol. The molecule has 2 aromatic heterocycles. The van der Waals surface area contributed by atoms with Gasteiger partial charge >= 0.3 is 0 Å². The number of carbonyl (C=O) groups excluding carboxylic acids is 1. The third kappa shape index (κ3) is 4.64. The minimum absolute atomic E-state index is 0.216. The summed E-state index contributed by atoms with van der Waals surface area (Å²) >= 11 is 1.65. The van der Waals surface area contributed by atoms with Crippen LogP contribution in [0.5, 0.6) is 0 Å². The molecule has 0 saturated carbocycles. The second-order valence-corrected chi connectivity index (χ2v) is 7.79. The predicted octanol–water partition coefficient (Wildman–Crippen LogP) is 2.12. The molecule has 2 aromatic rings. The summed E-state index contributed by atoms with van der Waals surface area (Å²) in [7, 11) is 0. The second-order valence-electron chi connectivity index (χ2n) is 6.53. The van der Waals surface area contributed by atoms with E-state index in [1.54, 1.807) is 11.3 Å². The van der Waals surface area contributed by atoms with Crippen molar-refractivity contribution < 1.29 is 9.32 Å². The highest BCUT2D eigenvalue weighted by Crippen LogP contribution is 2.16. The van der Waals surface area contributed by atoms with Crippen molar-refractivity contribution >= 4 is 17.2 Å². The number of nitrogens with zero attached hydrogens (tertiary/aromatic N) is 5. The number of aromatic nitrogens is 3. The number of carbonyl (C=O) groups is 1. The summed E-state index contributed by atoms with van der Waals surface area (Å²) in [4.78, 5) is 16.9. The lowest BCUT2D eigenvalue weighted by atomic mass is 10.1. The van der Waals surface area contributed by atoms with Gasteiger partial charge in [-0.2, -0.15) is 0 Å². The summed E-state index contributed by atoms with van der Waals surface area (Å²) in [5.74, 6) is 1.04. The van der Waals surface area contributed by atoms with E-state index < -0.39 is 0 Å². The molecule has 8 heteroatoms. The van der Waals surface area contributed by atoms with E-state index in [1.807, 2.05) is 25.7 Å². The Balaban J connectivity index is 1.49. The Bertz CT molecular complexity index is 707. The maximum absolute atomic E-state index is 12.6. The van der Waals surface area contributed by atoms with Crippen LogP contribution in [0.4, 0.5) is 0 Å². The largest absolute Gasteiger partial charge is 0.361 e. The molecule has 3 heterocycles. The van der Waals surface area contributed by atoms with Crippen molar-refractivity contribution in [3.05, 3.63) is 27.0 Å². The van der Waals surface area contributed by atoms with Crippen molar-refractivity contribution in [2.45, 2.75) is 46.6 Å². The molecule has 0 bridgehead atoms. The van der Waals surface area contributed by atoms with Crippen molar-refractivity contribution in [1.82, 2.24) is 25.2 Å². The summed E-state index contributed by atoms with van der Waals surface area (Å²) < 4.78 is 5.17. The summed E-state index contributed by atoms with van der Waals surface area (Å²) in [6, 6.07) is 0. The molecular formula is C17H25N5O2S.